The summed E-state index contributed by atoms with van der Waals surface area (Å²) in [6.45, 7) is 23.1. The van der Waals surface area contributed by atoms with Gasteiger partial charge in [0.1, 0.15) is 6.10 Å². The van der Waals surface area contributed by atoms with Crippen LogP contribution in [0.3, 0.4) is 0 Å². The Kier molecular flexibility index (Phi) is 17.9. The van der Waals surface area contributed by atoms with Gasteiger partial charge in [-0.25, -0.2) is 0 Å². The largest absolute Gasteiger partial charge is 0.462 e. The van der Waals surface area contributed by atoms with E-state index in [9.17, 15) is 4.79 Å². The molecule has 0 aromatic carbocycles. The minimum Gasteiger partial charge on any atom is -0.462 e. The lowest BCUT2D eigenvalue weighted by Gasteiger charge is -2.71. The normalized spacial score (nSPS) is 33.8. The Morgan fingerprint density at radius 1 is 0.517 bits per heavy atom. The first kappa shape index (κ1) is 48.2. The molecule has 58 heavy (non-hydrogen) atoms. The van der Waals surface area contributed by atoms with E-state index in [0.29, 0.717) is 39.4 Å². The second kappa shape index (κ2) is 21.5. The van der Waals surface area contributed by atoms with E-state index in [-0.39, 0.29) is 17.5 Å². The molecule has 0 N–H and O–H groups in total. The first-order valence-corrected chi connectivity index (χ1v) is 26.6. The van der Waals surface area contributed by atoms with Gasteiger partial charge in [-0.05, 0) is 116 Å². The molecule has 5 rings (SSSR count). The van der Waals surface area contributed by atoms with Crippen molar-refractivity contribution < 1.29 is 9.53 Å². The van der Waals surface area contributed by atoms with Crippen molar-refractivity contribution in [2.75, 3.05) is 0 Å². The zero-order valence-corrected chi connectivity index (χ0v) is 40.8. The smallest absolute Gasteiger partial charge is 0.306 e. The number of unbranched alkanes of at least 4 members (excludes halogenated alkanes) is 22. The van der Waals surface area contributed by atoms with Crippen LogP contribution in [0.15, 0.2) is 11.1 Å². The van der Waals surface area contributed by atoms with E-state index in [1.54, 1.807) is 0 Å². The van der Waals surface area contributed by atoms with Crippen molar-refractivity contribution in [3.63, 3.8) is 0 Å². The molecule has 336 valence electrons. The Balaban J connectivity index is 0.924. The summed E-state index contributed by atoms with van der Waals surface area (Å²) in [5, 5.41) is 0. The third-order valence-corrected chi connectivity index (χ3v) is 19.1. The fourth-order valence-electron chi connectivity index (χ4n) is 15.0. The van der Waals surface area contributed by atoms with Crippen molar-refractivity contribution in [3.8, 4) is 0 Å². The van der Waals surface area contributed by atoms with Crippen LogP contribution >= 0.6 is 0 Å². The first-order chi connectivity index (χ1) is 27.6. The summed E-state index contributed by atoms with van der Waals surface area (Å²) in [5.41, 5.74) is 5.79. The predicted octanol–water partition coefficient (Wildman–Crippen LogP) is 18.2. The molecule has 0 amide bonds. The average Bonchev–Trinajstić information content (AvgIpc) is 3.17. The molecular formula is C56H100O2. The molecule has 0 aliphatic heterocycles. The Hall–Kier alpha value is -0.790. The van der Waals surface area contributed by atoms with Gasteiger partial charge in [0, 0.05) is 11.8 Å². The van der Waals surface area contributed by atoms with Gasteiger partial charge in [-0.1, -0.05) is 215 Å². The minimum absolute atomic E-state index is 0.0363. The van der Waals surface area contributed by atoms with Gasteiger partial charge in [-0.3, -0.25) is 4.79 Å². The predicted molar refractivity (Wildman–Crippen MR) is 251 cm³/mol. The van der Waals surface area contributed by atoms with E-state index in [1.165, 1.54) is 205 Å². The summed E-state index contributed by atoms with van der Waals surface area (Å²) in [6, 6.07) is 0. The van der Waals surface area contributed by atoms with Crippen LogP contribution in [0.25, 0.3) is 0 Å². The molecule has 5 aliphatic rings. The number of hydrogen-bond acceptors (Lipinski definition) is 2. The number of hydrogen-bond donors (Lipinski definition) is 0. The van der Waals surface area contributed by atoms with Gasteiger partial charge in [0.2, 0.25) is 0 Å². The molecule has 0 saturated heterocycles. The second-order valence-electron chi connectivity index (χ2n) is 24.2. The SMILES string of the molecule is CCCCCCCCCCCCCCCCCCCCCCCCCC(=O)O[C@H]1CC[C@@]2(C)C(CC[C@]3(C)[C@@H]2CCC2=C4CC(C)(C)CC[C@]4(C)CC[C@]23C)C1(C)C. The van der Waals surface area contributed by atoms with E-state index >= 15 is 0 Å². The quantitative estimate of drug-likeness (QED) is 0.0522. The molecule has 0 aromatic heterocycles. The van der Waals surface area contributed by atoms with Crippen molar-refractivity contribution in [1.29, 1.82) is 0 Å². The molecule has 0 spiro atoms. The maximum Gasteiger partial charge on any atom is 0.306 e. The van der Waals surface area contributed by atoms with Crippen molar-refractivity contribution in [3.05, 3.63) is 11.1 Å². The lowest BCUT2D eigenvalue weighted by molar-refractivity contribution is -0.214. The summed E-state index contributed by atoms with van der Waals surface area (Å²) in [4.78, 5) is 13.3. The molecule has 0 radical (unpaired) electrons. The molecule has 4 fully saturated rings. The molecule has 7 atom stereocenters. The summed E-state index contributed by atoms with van der Waals surface area (Å²) in [5.74, 6) is 1.47. The standard InChI is InChI=1S/C56H100O2/c1-10-11-12-13-14-15-16-17-18-19-20-21-22-23-24-25-26-27-28-29-30-31-32-33-50(57)58-49-37-38-54(7)47(52(49,4)5)36-39-56(9)48(54)35-34-45-46-44-51(2,3)40-41-53(46,6)42-43-55(45,56)8/h47-49H,10-44H2,1-9H3/t47?,48-,49+,53-,54+,55-,56-/m1/s1. The molecule has 0 aromatic rings. The molecule has 1 unspecified atom stereocenters. The van der Waals surface area contributed by atoms with Crippen LogP contribution in [0, 0.1) is 44.3 Å². The summed E-state index contributed by atoms with van der Waals surface area (Å²) < 4.78 is 6.46. The topological polar surface area (TPSA) is 26.3 Å². The van der Waals surface area contributed by atoms with Gasteiger partial charge in [-0.15, -0.1) is 0 Å². The number of ether oxygens (including phenoxy) is 1. The highest BCUT2D eigenvalue weighted by Gasteiger charge is 2.67. The van der Waals surface area contributed by atoms with E-state index in [4.69, 9.17) is 4.74 Å². The van der Waals surface area contributed by atoms with E-state index in [1.807, 2.05) is 11.1 Å². The van der Waals surface area contributed by atoms with Crippen molar-refractivity contribution in [2.24, 2.45) is 44.3 Å². The van der Waals surface area contributed by atoms with Gasteiger partial charge in [-0.2, -0.15) is 0 Å². The highest BCUT2D eigenvalue weighted by Crippen LogP contribution is 2.75. The number of fused-ring (bicyclic) bond motifs is 6. The fraction of sp³-hybridized carbons (Fsp3) is 0.946. The molecule has 0 heterocycles. The maximum absolute atomic E-state index is 13.3. The highest BCUT2D eigenvalue weighted by atomic mass is 16.5. The van der Waals surface area contributed by atoms with E-state index in [2.05, 4.69) is 62.3 Å². The zero-order chi connectivity index (χ0) is 41.9. The Bertz CT molecular complexity index is 1290. The first-order valence-electron chi connectivity index (χ1n) is 26.6. The lowest BCUT2D eigenvalue weighted by atomic mass is 9.34. The number of allylic oxidation sites excluding steroid dienone is 2. The number of esters is 1. The molecule has 2 heteroatoms. The van der Waals surface area contributed by atoms with Crippen LogP contribution in [-0.4, -0.2) is 12.1 Å². The second-order valence-corrected chi connectivity index (χ2v) is 24.2. The monoisotopic (exact) mass is 805 g/mol. The molecule has 4 saturated carbocycles. The Morgan fingerprint density at radius 3 is 1.52 bits per heavy atom. The van der Waals surface area contributed by atoms with Crippen molar-refractivity contribution in [1.82, 2.24) is 0 Å². The fourth-order valence-corrected chi connectivity index (χ4v) is 15.0. The van der Waals surface area contributed by atoms with E-state index in [0.717, 1.165) is 18.8 Å². The number of carbonyl (C=O) groups excluding carboxylic acids is 1. The van der Waals surface area contributed by atoms with Gasteiger partial charge < -0.3 is 4.74 Å². The molecule has 0 bridgehead atoms. The summed E-state index contributed by atoms with van der Waals surface area (Å²) in [6.07, 6.45) is 47.4. The van der Waals surface area contributed by atoms with E-state index < -0.39 is 0 Å². The van der Waals surface area contributed by atoms with Crippen LogP contribution in [-0.2, 0) is 9.53 Å². The maximum atomic E-state index is 13.3. The van der Waals surface area contributed by atoms with Gasteiger partial charge in [0.25, 0.3) is 0 Å². The number of carbonyl (C=O) groups is 1. The van der Waals surface area contributed by atoms with Crippen LogP contribution < -0.4 is 0 Å². The molecule has 5 aliphatic carbocycles. The minimum atomic E-state index is 0.0363. The average molecular weight is 805 g/mol. The van der Waals surface area contributed by atoms with Gasteiger partial charge in [0.05, 0.1) is 0 Å². The van der Waals surface area contributed by atoms with Gasteiger partial charge >= 0.3 is 5.97 Å². The Labute approximate surface area is 362 Å². The summed E-state index contributed by atoms with van der Waals surface area (Å²) in [7, 11) is 0. The van der Waals surface area contributed by atoms with Crippen LogP contribution in [0.2, 0.25) is 0 Å². The van der Waals surface area contributed by atoms with Crippen LogP contribution in [0.1, 0.15) is 287 Å². The number of rotatable bonds is 25. The summed E-state index contributed by atoms with van der Waals surface area (Å²) >= 11 is 0. The van der Waals surface area contributed by atoms with Gasteiger partial charge in [0.15, 0.2) is 0 Å². The molecular weight excluding hydrogens is 705 g/mol. The highest BCUT2D eigenvalue weighted by molar-refractivity contribution is 5.69. The lowest BCUT2D eigenvalue weighted by Crippen LogP contribution is -2.64. The molecule has 2 nitrogen and oxygen atoms in total. The van der Waals surface area contributed by atoms with Crippen LogP contribution in [0.4, 0.5) is 0 Å². The van der Waals surface area contributed by atoms with Crippen molar-refractivity contribution in [2.45, 2.75) is 293 Å². The third-order valence-electron chi connectivity index (χ3n) is 19.1. The third kappa shape index (κ3) is 11.4. The zero-order valence-electron chi connectivity index (χ0n) is 40.8. The van der Waals surface area contributed by atoms with Crippen LogP contribution in [0.5, 0.6) is 0 Å². The Morgan fingerprint density at radius 2 is 1.00 bits per heavy atom. The van der Waals surface area contributed by atoms with Crippen molar-refractivity contribution >= 4 is 5.97 Å².